The summed E-state index contributed by atoms with van der Waals surface area (Å²) in [7, 11) is 0. The Balaban J connectivity index is 0.000000333. The van der Waals surface area contributed by atoms with Crippen LogP contribution in [0, 0.1) is 17.6 Å². The van der Waals surface area contributed by atoms with Gasteiger partial charge in [0.25, 0.3) is 0 Å². The standard InChI is InChI=1S/C30H40FN3O6.C29H37FN2O5.CH4/c1-6-14-39-24-16-22(15-23(31)18-24)17-25(32-20(2)35)27(36)26-28(37)33(19-21-10-8-7-9-11-21)12-13-34(26)29(38)40-30(3,4)5;1-6-14-36-24-17-22(16-23(30)18-24)15-20(2)26(33)25-27(34)31(19-21-10-8-7-9-11-21)12-13-32(25)28(35)37-29(3,4)5;/h7-11,15-16,18,25-27,36H,6,12-14,17,19H2,1-5H3,(H,32,35);6-11,16-18,20,25-26,33H,1,12-15,19H2,2-5H3;1H4/t25-,26-,27-;20-,25-,26-;/m00./s1. The van der Waals surface area contributed by atoms with Crippen molar-refractivity contribution in [3.8, 4) is 11.5 Å². The molecule has 18 heteroatoms. The average molecular weight is 1090 g/mol. The maximum Gasteiger partial charge on any atom is 0.411 e. The molecule has 2 fully saturated rings. The van der Waals surface area contributed by atoms with Crippen molar-refractivity contribution in [2.24, 2.45) is 5.92 Å². The highest BCUT2D eigenvalue weighted by molar-refractivity contribution is 5.88. The van der Waals surface area contributed by atoms with Gasteiger partial charge in [0.1, 0.15) is 59.1 Å². The van der Waals surface area contributed by atoms with E-state index in [1.165, 1.54) is 41.0 Å². The molecule has 426 valence electrons. The molecule has 0 spiro atoms. The fourth-order valence-electron chi connectivity index (χ4n) is 9.04. The molecule has 0 unspecified atom stereocenters. The number of carbonyl (C=O) groups excluding carboxylic acids is 5. The summed E-state index contributed by atoms with van der Waals surface area (Å²) in [6.07, 6.45) is -1.56. The van der Waals surface area contributed by atoms with Crippen molar-refractivity contribution < 1.29 is 61.9 Å². The van der Waals surface area contributed by atoms with Crippen molar-refractivity contribution in [1.82, 2.24) is 24.9 Å². The van der Waals surface area contributed by atoms with E-state index in [4.69, 9.17) is 18.9 Å². The van der Waals surface area contributed by atoms with E-state index in [2.05, 4.69) is 11.9 Å². The van der Waals surface area contributed by atoms with Gasteiger partial charge in [-0.15, -0.1) is 0 Å². The number of aliphatic hydroxyl groups is 2. The van der Waals surface area contributed by atoms with Gasteiger partial charge in [-0.1, -0.05) is 94.6 Å². The predicted octanol–water partition coefficient (Wildman–Crippen LogP) is 8.88. The molecular formula is C60H81F2N5O11. The van der Waals surface area contributed by atoms with Crippen LogP contribution in [0.25, 0.3) is 0 Å². The molecule has 0 radical (unpaired) electrons. The third-order valence-corrected chi connectivity index (χ3v) is 12.5. The molecule has 2 aliphatic rings. The Morgan fingerprint density at radius 1 is 0.679 bits per heavy atom. The first-order valence-electron chi connectivity index (χ1n) is 26.1. The zero-order valence-corrected chi connectivity index (χ0v) is 45.9. The lowest BCUT2D eigenvalue weighted by Gasteiger charge is -2.44. The molecule has 0 aliphatic carbocycles. The van der Waals surface area contributed by atoms with E-state index in [1.807, 2.05) is 67.6 Å². The lowest BCUT2D eigenvalue weighted by Crippen LogP contribution is -2.66. The molecule has 2 heterocycles. The first-order chi connectivity index (χ1) is 36.4. The average Bonchev–Trinajstić information content (AvgIpc) is 3.35. The number of halogens is 2. The van der Waals surface area contributed by atoms with Crippen LogP contribution in [0.15, 0.2) is 110 Å². The minimum Gasteiger partial charge on any atom is -0.493 e. The molecular weight excluding hydrogens is 1000 g/mol. The summed E-state index contributed by atoms with van der Waals surface area (Å²) in [5.41, 5.74) is 1.33. The molecule has 6 atom stereocenters. The van der Waals surface area contributed by atoms with Crippen LogP contribution in [0.1, 0.15) is 98.4 Å². The Labute approximate surface area is 459 Å². The molecule has 6 rings (SSSR count). The zero-order chi connectivity index (χ0) is 56.6. The summed E-state index contributed by atoms with van der Waals surface area (Å²) < 4.78 is 50.8. The van der Waals surface area contributed by atoms with Crippen molar-refractivity contribution >= 4 is 29.9 Å². The summed E-state index contributed by atoms with van der Waals surface area (Å²) in [5, 5.41) is 25.8. The van der Waals surface area contributed by atoms with Crippen LogP contribution in [0.5, 0.6) is 11.5 Å². The number of hydrogen-bond donors (Lipinski definition) is 3. The number of nitrogens with one attached hydrogen (secondary N) is 1. The van der Waals surface area contributed by atoms with Gasteiger partial charge in [-0.2, -0.15) is 0 Å². The van der Waals surface area contributed by atoms with Gasteiger partial charge in [-0.25, -0.2) is 18.4 Å². The Kier molecular flexibility index (Phi) is 23.7. The highest BCUT2D eigenvalue weighted by Gasteiger charge is 2.47. The lowest BCUT2D eigenvalue weighted by molar-refractivity contribution is -0.149. The van der Waals surface area contributed by atoms with E-state index in [9.17, 15) is 43.0 Å². The second-order valence-corrected chi connectivity index (χ2v) is 21.4. The van der Waals surface area contributed by atoms with Crippen molar-refractivity contribution in [3.05, 3.63) is 144 Å². The van der Waals surface area contributed by atoms with E-state index in [0.717, 1.165) is 17.5 Å². The van der Waals surface area contributed by atoms with Gasteiger partial charge >= 0.3 is 12.2 Å². The van der Waals surface area contributed by atoms with Gasteiger partial charge < -0.3 is 44.3 Å². The maximum absolute atomic E-state index is 14.4. The van der Waals surface area contributed by atoms with Crippen molar-refractivity contribution in [2.45, 2.75) is 144 Å². The molecule has 5 amide bonds. The van der Waals surface area contributed by atoms with Crippen LogP contribution in [0.4, 0.5) is 18.4 Å². The number of aliphatic hydroxyl groups excluding tert-OH is 2. The molecule has 0 aromatic heterocycles. The monoisotopic (exact) mass is 1090 g/mol. The van der Waals surface area contributed by atoms with Crippen LogP contribution in [-0.4, -0.2) is 141 Å². The quantitative estimate of drug-likeness (QED) is 0.0762. The predicted molar refractivity (Wildman–Crippen MR) is 294 cm³/mol. The van der Waals surface area contributed by atoms with Gasteiger partial charge in [0.2, 0.25) is 17.7 Å². The fourth-order valence-corrected chi connectivity index (χ4v) is 9.04. The zero-order valence-electron chi connectivity index (χ0n) is 45.9. The van der Waals surface area contributed by atoms with Crippen molar-refractivity contribution in [2.75, 3.05) is 39.4 Å². The SMILES string of the molecule is C.C=CCOc1cc(F)cc(C[C@H](C)[C@H](O)[C@H]2C(=O)N(Cc3ccccc3)CCN2C(=O)OC(C)(C)C)c1.CCCOc1cc(F)cc(C[C@H](NC(C)=O)[C@H](O)[C@H]2C(=O)N(Cc3ccccc3)CCN2C(=O)OC(C)(C)C)c1. The molecule has 0 bridgehead atoms. The van der Waals surface area contributed by atoms with E-state index in [0.29, 0.717) is 42.3 Å². The normalized spacial score (nSPS) is 17.3. The van der Waals surface area contributed by atoms with E-state index >= 15 is 0 Å². The first-order valence-corrected chi connectivity index (χ1v) is 26.1. The number of rotatable bonds is 19. The van der Waals surface area contributed by atoms with Gasteiger partial charge in [-0.3, -0.25) is 24.2 Å². The molecule has 78 heavy (non-hydrogen) atoms. The van der Waals surface area contributed by atoms with E-state index in [-0.39, 0.29) is 59.0 Å². The number of carbonyl (C=O) groups is 5. The second-order valence-electron chi connectivity index (χ2n) is 21.4. The number of hydrogen-bond acceptors (Lipinski definition) is 11. The molecule has 0 saturated carbocycles. The van der Waals surface area contributed by atoms with Crippen LogP contribution in [0.3, 0.4) is 0 Å². The Morgan fingerprint density at radius 2 is 1.12 bits per heavy atom. The molecule has 4 aromatic rings. The molecule has 2 aliphatic heterocycles. The smallest absolute Gasteiger partial charge is 0.411 e. The van der Waals surface area contributed by atoms with Gasteiger partial charge in [0.05, 0.1) is 18.8 Å². The summed E-state index contributed by atoms with van der Waals surface area (Å²) in [6.45, 7) is 21.2. The number of ether oxygens (including phenoxy) is 4. The topological polar surface area (TPSA) is 188 Å². The van der Waals surface area contributed by atoms with Crippen LogP contribution >= 0.6 is 0 Å². The molecule has 2 saturated heterocycles. The van der Waals surface area contributed by atoms with Crippen molar-refractivity contribution in [3.63, 3.8) is 0 Å². The molecule has 4 aromatic carbocycles. The summed E-state index contributed by atoms with van der Waals surface area (Å²) >= 11 is 0. The van der Waals surface area contributed by atoms with Gasteiger partial charge in [0, 0.05) is 58.3 Å². The highest BCUT2D eigenvalue weighted by atomic mass is 19.1. The number of piperazine rings is 2. The minimum absolute atomic E-state index is 0. The molecule has 16 nitrogen and oxygen atoms in total. The first kappa shape index (κ1) is 63.5. The highest BCUT2D eigenvalue weighted by Crippen LogP contribution is 2.29. The third-order valence-electron chi connectivity index (χ3n) is 12.5. The third kappa shape index (κ3) is 19.1. The largest absolute Gasteiger partial charge is 0.493 e. The summed E-state index contributed by atoms with van der Waals surface area (Å²) in [5.74, 6) is -2.07. The number of amides is 5. The minimum atomic E-state index is -1.52. The number of nitrogens with zero attached hydrogens (tertiary/aromatic N) is 4. The van der Waals surface area contributed by atoms with E-state index in [1.54, 1.807) is 76.5 Å². The second kappa shape index (κ2) is 29.1. The Bertz CT molecular complexity index is 2610. The Hall–Kier alpha value is -7.05. The lowest BCUT2D eigenvalue weighted by atomic mass is 9.89. The Morgan fingerprint density at radius 3 is 1.54 bits per heavy atom. The summed E-state index contributed by atoms with van der Waals surface area (Å²) in [6, 6.07) is 24.0. The van der Waals surface area contributed by atoms with Gasteiger partial charge in [0.15, 0.2) is 0 Å². The van der Waals surface area contributed by atoms with Gasteiger partial charge in [-0.05, 0) is 113 Å². The maximum atomic E-state index is 14.4. The van der Waals surface area contributed by atoms with Crippen LogP contribution < -0.4 is 14.8 Å². The summed E-state index contributed by atoms with van der Waals surface area (Å²) in [4.78, 5) is 71.7. The van der Waals surface area contributed by atoms with Crippen molar-refractivity contribution in [1.29, 1.82) is 0 Å². The van der Waals surface area contributed by atoms with Crippen LogP contribution in [-0.2, 0) is 49.8 Å². The fraction of sp³-hybridized carbons (Fsp3) is 0.483. The number of benzene rings is 4. The molecule has 3 N–H and O–H groups in total. The van der Waals surface area contributed by atoms with E-state index < -0.39 is 83.1 Å². The van der Waals surface area contributed by atoms with Crippen LogP contribution in [0.2, 0.25) is 0 Å².